The van der Waals surface area contributed by atoms with Crippen LogP contribution in [0.4, 0.5) is 10.1 Å². The number of halogens is 1. The first-order chi connectivity index (χ1) is 8.06. The summed E-state index contributed by atoms with van der Waals surface area (Å²) in [5, 5.41) is 0. The summed E-state index contributed by atoms with van der Waals surface area (Å²) < 4.78 is 14.9. The number of aromatic nitrogens is 1. The number of nitrogens with two attached hydrogens (primary N) is 1. The van der Waals surface area contributed by atoms with Gasteiger partial charge in [-0.3, -0.25) is 4.79 Å². The molecule has 0 unspecified atom stereocenters. The first kappa shape index (κ1) is 11.4. The smallest absolute Gasteiger partial charge is 0.204 e. The van der Waals surface area contributed by atoms with Crippen molar-refractivity contribution in [2.75, 3.05) is 5.73 Å². The predicted molar refractivity (Wildman–Crippen MR) is 65.4 cm³/mol. The van der Waals surface area contributed by atoms with Crippen molar-refractivity contribution in [2.24, 2.45) is 0 Å². The van der Waals surface area contributed by atoms with Gasteiger partial charge in [0.1, 0.15) is 5.82 Å². The van der Waals surface area contributed by atoms with Crippen LogP contribution in [0.15, 0.2) is 41.5 Å². The number of hydrogen-bond donors (Lipinski definition) is 1. The van der Waals surface area contributed by atoms with Crippen molar-refractivity contribution in [2.45, 2.75) is 13.5 Å². The molecule has 0 saturated carbocycles. The highest BCUT2D eigenvalue weighted by atomic mass is 19.1. The number of hydrogen-bond acceptors (Lipinski definition) is 2. The third-order valence-electron chi connectivity index (χ3n) is 2.67. The molecule has 0 amide bonds. The minimum atomic E-state index is -0.264. The normalized spacial score (nSPS) is 10.5. The van der Waals surface area contributed by atoms with E-state index in [4.69, 9.17) is 5.73 Å². The number of nitrogens with zero attached hydrogens (tertiary/aromatic N) is 1. The summed E-state index contributed by atoms with van der Waals surface area (Å²) in [5.41, 5.74) is 7.41. The lowest BCUT2D eigenvalue weighted by atomic mass is 10.1. The van der Waals surface area contributed by atoms with E-state index in [1.807, 2.05) is 6.92 Å². The van der Waals surface area contributed by atoms with Crippen LogP contribution in [0.2, 0.25) is 0 Å². The summed E-state index contributed by atoms with van der Waals surface area (Å²) in [4.78, 5) is 11.1. The van der Waals surface area contributed by atoms with Gasteiger partial charge in [0.15, 0.2) is 0 Å². The van der Waals surface area contributed by atoms with E-state index >= 15 is 0 Å². The van der Waals surface area contributed by atoms with Gasteiger partial charge in [0.25, 0.3) is 0 Å². The van der Waals surface area contributed by atoms with Crippen LogP contribution in [0.3, 0.4) is 0 Å². The van der Waals surface area contributed by atoms with E-state index in [0.29, 0.717) is 6.54 Å². The molecule has 1 aromatic heterocycles. The van der Waals surface area contributed by atoms with Crippen LogP contribution in [0.5, 0.6) is 0 Å². The van der Waals surface area contributed by atoms with Crippen LogP contribution >= 0.6 is 0 Å². The molecular weight excluding hydrogens is 219 g/mol. The zero-order chi connectivity index (χ0) is 12.4. The molecule has 0 radical (unpaired) electrons. The third-order valence-corrected chi connectivity index (χ3v) is 2.67. The van der Waals surface area contributed by atoms with Crippen molar-refractivity contribution >= 4 is 5.69 Å². The van der Waals surface area contributed by atoms with E-state index in [0.717, 1.165) is 11.1 Å². The molecule has 0 spiro atoms. The van der Waals surface area contributed by atoms with Gasteiger partial charge in [0, 0.05) is 25.0 Å². The molecule has 4 heteroatoms. The molecule has 3 nitrogen and oxygen atoms in total. The Hall–Kier alpha value is -2.10. The molecule has 0 bridgehead atoms. The van der Waals surface area contributed by atoms with Crippen LogP contribution in [0.1, 0.15) is 11.1 Å². The monoisotopic (exact) mass is 232 g/mol. The van der Waals surface area contributed by atoms with Crippen LogP contribution in [0.25, 0.3) is 0 Å². The molecular formula is C13H13FN2O. The Morgan fingerprint density at radius 2 is 2.12 bits per heavy atom. The Bertz CT molecular complexity index is 605. The van der Waals surface area contributed by atoms with Crippen molar-refractivity contribution in [3.05, 3.63) is 63.8 Å². The minimum Gasteiger partial charge on any atom is -0.394 e. The summed E-state index contributed by atoms with van der Waals surface area (Å²) in [6, 6.07) is 6.06. The maximum absolute atomic E-state index is 13.1. The molecule has 0 aliphatic carbocycles. The molecule has 0 saturated heterocycles. The average molecular weight is 232 g/mol. The summed E-state index contributed by atoms with van der Waals surface area (Å²) >= 11 is 0. The van der Waals surface area contributed by atoms with Crippen LogP contribution in [-0.4, -0.2) is 4.57 Å². The maximum atomic E-state index is 13.1. The Kier molecular flexibility index (Phi) is 2.95. The molecule has 1 aromatic carbocycles. The lowest BCUT2D eigenvalue weighted by Gasteiger charge is -2.09. The Labute approximate surface area is 98.3 Å². The number of pyridine rings is 1. The number of nitrogen functional groups attached to an aromatic ring is 1. The SMILES string of the molecule is Cc1ccc(F)cc1Cn1ccc(=O)c(N)c1. The van der Waals surface area contributed by atoms with Crippen molar-refractivity contribution in [3.63, 3.8) is 0 Å². The van der Waals surface area contributed by atoms with Crippen molar-refractivity contribution in [3.8, 4) is 0 Å². The van der Waals surface area contributed by atoms with Gasteiger partial charge in [-0.05, 0) is 30.2 Å². The third kappa shape index (κ3) is 2.53. The minimum absolute atomic E-state index is 0.196. The van der Waals surface area contributed by atoms with E-state index in [-0.39, 0.29) is 16.9 Å². The van der Waals surface area contributed by atoms with Crippen LogP contribution in [-0.2, 0) is 6.54 Å². The van der Waals surface area contributed by atoms with Gasteiger partial charge in [0.2, 0.25) is 5.43 Å². The van der Waals surface area contributed by atoms with E-state index in [1.165, 1.54) is 18.2 Å². The standard InChI is InChI=1S/C13H13FN2O/c1-9-2-3-11(14)6-10(9)7-16-5-4-13(17)12(15)8-16/h2-6,8H,7,15H2,1H3. The van der Waals surface area contributed by atoms with E-state index in [2.05, 4.69) is 0 Å². The van der Waals surface area contributed by atoms with Crippen molar-refractivity contribution < 1.29 is 4.39 Å². The van der Waals surface area contributed by atoms with Crippen molar-refractivity contribution in [1.82, 2.24) is 4.57 Å². The largest absolute Gasteiger partial charge is 0.394 e. The second kappa shape index (κ2) is 4.41. The van der Waals surface area contributed by atoms with Gasteiger partial charge in [-0.25, -0.2) is 4.39 Å². The molecule has 0 fully saturated rings. The number of aryl methyl sites for hydroxylation is 1. The average Bonchev–Trinajstić information content (AvgIpc) is 2.29. The highest BCUT2D eigenvalue weighted by Gasteiger charge is 2.02. The quantitative estimate of drug-likeness (QED) is 0.860. The van der Waals surface area contributed by atoms with E-state index in [9.17, 15) is 9.18 Å². The molecule has 2 aromatic rings. The summed E-state index contributed by atoms with van der Waals surface area (Å²) in [6.45, 7) is 2.41. The fraction of sp³-hybridized carbons (Fsp3) is 0.154. The number of benzene rings is 1. The lowest BCUT2D eigenvalue weighted by molar-refractivity contribution is 0.622. The van der Waals surface area contributed by atoms with Crippen LogP contribution < -0.4 is 11.2 Å². The summed E-state index contributed by atoms with van der Waals surface area (Å²) in [7, 11) is 0. The highest BCUT2D eigenvalue weighted by molar-refractivity contribution is 5.34. The molecule has 2 rings (SSSR count). The maximum Gasteiger partial charge on any atom is 0.204 e. The first-order valence-electron chi connectivity index (χ1n) is 5.27. The van der Waals surface area contributed by atoms with Crippen LogP contribution in [0, 0.1) is 12.7 Å². The highest BCUT2D eigenvalue weighted by Crippen LogP contribution is 2.12. The van der Waals surface area contributed by atoms with Gasteiger partial charge in [-0.15, -0.1) is 0 Å². The van der Waals surface area contributed by atoms with E-state index < -0.39 is 0 Å². The molecule has 0 atom stereocenters. The zero-order valence-electron chi connectivity index (χ0n) is 9.48. The molecule has 88 valence electrons. The molecule has 1 heterocycles. The molecule has 17 heavy (non-hydrogen) atoms. The van der Waals surface area contributed by atoms with Crippen molar-refractivity contribution in [1.29, 1.82) is 0 Å². The fourth-order valence-electron chi connectivity index (χ4n) is 1.65. The van der Waals surface area contributed by atoms with Gasteiger partial charge in [0.05, 0.1) is 5.69 Å². The lowest BCUT2D eigenvalue weighted by Crippen LogP contribution is -2.11. The Balaban J connectivity index is 2.34. The van der Waals surface area contributed by atoms with Gasteiger partial charge in [-0.2, -0.15) is 0 Å². The number of rotatable bonds is 2. The van der Waals surface area contributed by atoms with Gasteiger partial charge in [-0.1, -0.05) is 6.07 Å². The predicted octanol–water partition coefficient (Wildman–Crippen LogP) is 1.93. The fourth-order valence-corrected chi connectivity index (χ4v) is 1.65. The number of anilines is 1. The van der Waals surface area contributed by atoms with Gasteiger partial charge < -0.3 is 10.3 Å². The topological polar surface area (TPSA) is 48.0 Å². The second-order valence-corrected chi connectivity index (χ2v) is 4.01. The second-order valence-electron chi connectivity index (χ2n) is 4.01. The summed E-state index contributed by atoms with van der Waals surface area (Å²) in [6.07, 6.45) is 3.20. The Morgan fingerprint density at radius 3 is 2.82 bits per heavy atom. The first-order valence-corrected chi connectivity index (χ1v) is 5.27. The van der Waals surface area contributed by atoms with Gasteiger partial charge >= 0.3 is 0 Å². The molecule has 0 aliphatic rings. The molecule has 2 N–H and O–H groups in total. The Morgan fingerprint density at radius 1 is 1.35 bits per heavy atom. The summed E-state index contributed by atoms with van der Waals surface area (Å²) in [5.74, 6) is -0.264. The molecule has 0 aliphatic heterocycles. The zero-order valence-corrected chi connectivity index (χ0v) is 9.48. The van der Waals surface area contributed by atoms with E-state index in [1.54, 1.807) is 23.0 Å².